The zero-order chi connectivity index (χ0) is 21.1. The molecule has 4 rings (SSSR count). The minimum atomic E-state index is -0.486. The van der Waals surface area contributed by atoms with Crippen LogP contribution >= 0.6 is 0 Å². The summed E-state index contributed by atoms with van der Waals surface area (Å²) in [5.41, 5.74) is 6.26. The average Bonchev–Trinajstić information content (AvgIpc) is 3.20. The molecule has 0 aliphatic carbocycles. The summed E-state index contributed by atoms with van der Waals surface area (Å²) in [6, 6.07) is 13.6. The fraction of sp³-hybridized carbons (Fsp3) is 0.273. The zero-order valence-corrected chi connectivity index (χ0v) is 16.6. The van der Waals surface area contributed by atoms with Crippen LogP contribution in [0.2, 0.25) is 0 Å². The van der Waals surface area contributed by atoms with Crippen molar-refractivity contribution in [2.24, 2.45) is 5.73 Å². The van der Waals surface area contributed by atoms with Crippen molar-refractivity contribution in [2.75, 3.05) is 13.1 Å². The van der Waals surface area contributed by atoms with E-state index < -0.39 is 5.91 Å². The van der Waals surface area contributed by atoms with Crippen molar-refractivity contribution >= 4 is 11.8 Å². The lowest BCUT2D eigenvalue weighted by Gasteiger charge is -2.30. The van der Waals surface area contributed by atoms with E-state index in [1.54, 1.807) is 55.5 Å². The second-order valence-corrected chi connectivity index (χ2v) is 7.26. The minimum Gasteiger partial charge on any atom is -0.457 e. The van der Waals surface area contributed by atoms with E-state index in [-0.39, 0.29) is 11.8 Å². The Morgan fingerprint density at radius 3 is 2.07 bits per heavy atom. The SMILES string of the molecule is Cc1noc(C2CCN(C(=O)c3ccc(Oc4ccc(C(N)=O)cc4)cc3)CC2)n1. The molecule has 8 nitrogen and oxygen atoms in total. The van der Waals surface area contributed by atoms with Gasteiger partial charge in [0.15, 0.2) is 5.82 Å². The summed E-state index contributed by atoms with van der Waals surface area (Å²) in [5.74, 6) is 2.18. The minimum absolute atomic E-state index is 0.00693. The van der Waals surface area contributed by atoms with Crippen molar-refractivity contribution in [3.05, 3.63) is 71.4 Å². The molecule has 0 atom stereocenters. The average molecular weight is 406 g/mol. The Labute approximate surface area is 173 Å². The molecule has 1 aliphatic heterocycles. The van der Waals surface area contributed by atoms with Gasteiger partial charge >= 0.3 is 0 Å². The molecule has 1 aliphatic rings. The number of ether oxygens (including phenoxy) is 1. The highest BCUT2D eigenvalue weighted by Gasteiger charge is 2.27. The van der Waals surface area contributed by atoms with Crippen molar-refractivity contribution in [2.45, 2.75) is 25.7 Å². The maximum Gasteiger partial charge on any atom is 0.253 e. The van der Waals surface area contributed by atoms with Crippen molar-refractivity contribution in [3.8, 4) is 11.5 Å². The van der Waals surface area contributed by atoms with Crippen molar-refractivity contribution in [1.29, 1.82) is 0 Å². The normalized spacial score (nSPS) is 14.5. The zero-order valence-electron chi connectivity index (χ0n) is 16.6. The molecular weight excluding hydrogens is 384 g/mol. The van der Waals surface area contributed by atoms with E-state index in [4.69, 9.17) is 15.0 Å². The lowest BCUT2D eigenvalue weighted by molar-refractivity contribution is 0.0704. The topological polar surface area (TPSA) is 112 Å². The van der Waals surface area contributed by atoms with E-state index >= 15 is 0 Å². The summed E-state index contributed by atoms with van der Waals surface area (Å²) in [4.78, 5) is 30.1. The van der Waals surface area contributed by atoms with Gasteiger partial charge in [0.2, 0.25) is 11.8 Å². The molecule has 8 heteroatoms. The number of hydrogen-bond acceptors (Lipinski definition) is 6. The van der Waals surface area contributed by atoms with Gasteiger partial charge in [0.05, 0.1) is 0 Å². The second kappa shape index (κ2) is 8.36. The fourth-order valence-corrected chi connectivity index (χ4v) is 3.48. The number of nitrogens with two attached hydrogens (primary N) is 1. The molecule has 1 fully saturated rings. The van der Waals surface area contributed by atoms with E-state index in [0.717, 1.165) is 12.8 Å². The predicted molar refractivity (Wildman–Crippen MR) is 108 cm³/mol. The van der Waals surface area contributed by atoms with Gasteiger partial charge in [-0.3, -0.25) is 9.59 Å². The highest BCUT2D eigenvalue weighted by atomic mass is 16.5. The first-order valence-electron chi connectivity index (χ1n) is 9.77. The number of carbonyl (C=O) groups is 2. The first kappa shape index (κ1) is 19.6. The summed E-state index contributed by atoms with van der Waals surface area (Å²) >= 11 is 0. The van der Waals surface area contributed by atoms with Crippen LogP contribution in [-0.2, 0) is 0 Å². The number of aromatic nitrogens is 2. The highest BCUT2D eigenvalue weighted by Crippen LogP contribution is 2.28. The van der Waals surface area contributed by atoms with Gasteiger partial charge in [-0.1, -0.05) is 5.16 Å². The quantitative estimate of drug-likeness (QED) is 0.696. The number of likely N-dealkylation sites (tertiary alicyclic amines) is 1. The van der Waals surface area contributed by atoms with Crippen LogP contribution in [0.3, 0.4) is 0 Å². The first-order valence-corrected chi connectivity index (χ1v) is 9.77. The number of amides is 2. The van der Waals surface area contributed by atoms with Gasteiger partial charge in [0.1, 0.15) is 11.5 Å². The molecule has 0 bridgehead atoms. The van der Waals surface area contributed by atoms with E-state index in [9.17, 15) is 9.59 Å². The number of rotatable bonds is 5. The van der Waals surface area contributed by atoms with Crippen molar-refractivity contribution < 1.29 is 18.8 Å². The second-order valence-electron chi connectivity index (χ2n) is 7.26. The third-order valence-corrected chi connectivity index (χ3v) is 5.15. The van der Waals surface area contributed by atoms with Crippen LogP contribution < -0.4 is 10.5 Å². The van der Waals surface area contributed by atoms with E-state index in [0.29, 0.717) is 47.4 Å². The Kier molecular flexibility index (Phi) is 5.47. The Balaban J connectivity index is 1.34. The maximum absolute atomic E-state index is 12.8. The third kappa shape index (κ3) is 4.32. The van der Waals surface area contributed by atoms with Crippen LogP contribution in [0.25, 0.3) is 0 Å². The Hall–Kier alpha value is -3.68. The molecule has 1 saturated heterocycles. The van der Waals surface area contributed by atoms with Crippen molar-refractivity contribution in [1.82, 2.24) is 15.0 Å². The Morgan fingerprint density at radius 2 is 1.57 bits per heavy atom. The number of primary amides is 1. The van der Waals surface area contributed by atoms with Crippen LogP contribution in [0, 0.1) is 6.92 Å². The van der Waals surface area contributed by atoms with Crippen LogP contribution in [0.4, 0.5) is 0 Å². The number of benzene rings is 2. The molecule has 0 saturated carbocycles. The largest absolute Gasteiger partial charge is 0.457 e. The molecule has 30 heavy (non-hydrogen) atoms. The molecule has 154 valence electrons. The monoisotopic (exact) mass is 406 g/mol. The number of nitrogens with zero attached hydrogens (tertiary/aromatic N) is 3. The molecule has 0 spiro atoms. The number of carbonyl (C=O) groups excluding carboxylic acids is 2. The number of piperidine rings is 1. The molecule has 2 heterocycles. The summed E-state index contributed by atoms with van der Waals surface area (Å²) in [7, 11) is 0. The summed E-state index contributed by atoms with van der Waals surface area (Å²) in [5, 5.41) is 3.84. The van der Waals surface area contributed by atoms with Gasteiger partial charge in [0, 0.05) is 30.1 Å². The van der Waals surface area contributed by atoms with E-state index in [1.807, 2.05) is 4.90 Å². The summed E-state index contributed by atoms with van der Waals surface area (Å²) in [6.45, 7) is 3.10. The molecular formula is C22H22N4O4. The lowest BCUT2D eigenvalue weighted by atomic mass is 9.96. The van der Waals surface area contributed by atoms with E-state index in [2.05, 4.69) is 10.1 Å². The molecule has 2 N–H and O–H groups in total. The van der Waals surface area contributed by atoms with E-state index in [1.165, 1.54) is 0 Å². The summed E-state index contributed by atoms with van der Waals surface area (Å²) < 4.78 is 11.0. The van der Waals surface area contributed by atoms with Gasteiger partial charge < -0.3 is 19.9 Å². The molecule has 0 unspecified atom stereocenters. The van der Waals surface area contributed by atoms with Gasteiger partial charge in [-0.2, -0.15) is 4.98 Å². The standard InChI is InChI=1S/C22H22N4O4/c1-14-24-21(30-25-14)16-10-12-26(13-11-16)22(28)17-4-8-19(9-5-17)29-18-6-2-15(3-7-18)20(23)27/h2-9,16H,10-13H2,1H3,(H2,23,27). The predicted octanol–water partition coefficient (Wildman–Crippen LogP) is 3.29. The number of aryl methyl sites for hydroxylation is 1. The van der Waals surface area contributed by atoms with Crippen LogP contribution in [0.15, 0.2) is 53.1 Å². The fourth-order valence-electron chi connectivity index (χ4n) is 3.48. The lowest BCUT2D eigenvalue weighted by Crippen LogP contribution is -2.37. The number of hydrogen-bond donors (Lipinski definition) is 1. The smallest absolute Gasteiger partial charge is 0.253 e. The maximum atomic E-state index is 12.8. The van der Waals surface area contributed by atoms with Gasteiger partial charge in [-0.05, 0) is 68.3 Å². The van der Waals surface area contributed by atoms with Crippen LogP contribution in [0.1, 0.15) is 51.2 Å². The molecule has 2 amide bonds. The molecule has 3 aromatic rings. The molecule has 1 aromatic heterocycles. The van der Waals surface area contributed by atoms with Crippen LogP contribution in [0.5, 0.6) is 11.5 Å². The Morgan fingerprint density at radius 1 is 1.00 bits per heavy atom. The van der Waals surface area contributed by atoms with Gasteiger partial charge in [-0.25, -0.2) is 0 Å². The summed E-state index contributed by atoms with van der Waals surface area (Å²) in [6.07, 6.45) is 1.60. The molecule has 0 radical (unpaired) electrons. The third-order valence-electron chi connectivity index (χ3n) is 5.15. The van der Waals surface area contributed by atoms with Gasteiger partial charge in [0.25, 0.3) is 5.91 Å². The van der Waals surface area contributed by atoms with Crippen molar-refractivity contribution in [3.63, 3.8) is 0 Å². The first-order chi connectivity index (χ1) is 14.5. The van der Waals surface area contributed by atoms with Gasteiger partial charge in [-0.15, -0.1) is 0 Å². The van der Waals surface area contributed by atoms with Crippen LogP contribution in [-0.4, -0.2) is 39.9 Å². The Bertz CT molecular complexity index is 1040. The highest BCUT2D eigenvalue weighted by molar-refractivity contribution is 5.94. The molecule has 2 aromatic carbocycles.